The highest BCUT2D eigenvalue weighted by Crippen LogP contribution is 2.12. The molecular weight excluding hydrogens is 214 g/mol. The van der Waals surface area contributed by atoms with Crippen LogP contribution in [0.2, 0.25) is 0 Å². The number of hydrogen-bond donors (Lipinski definition) is 1. The predicted molar refractivity (Wildman–Crippen MR) is 66.4 cm³/mol. The highest BCUT2D eigenvalue weighted by molar-refractivity contribution is 5.87. The fourth-order valence-electron chi connectivity index (χ4n) is 1.78. The van der Waals surface area contributed by atoms with E-state index in [1.54, 1.807) is 12.1 Å². The van der Waals surface area contributed by atoms with Crippen LogP contribution < -0.4 is 0 Å². The van der Waals surface area contributed by atoms with Crippen molar-refractivity contribution in [3.05, 3.63) is 58.9 Å². The molecule has 1 N–H and O–H groups in total. The van der Waals surface area contributed by atoms with Crippen molar-refractivity contribution >= 4 is 5.97 Å². The molecule has 0 aliphatic carbocycles. The van der Waals surface area contributed by atoms with E-state index in [0.717, 1.165) is 12.1 Å². The quantitative estimate of drug-likeness (QED) is 0.879. The molecule has 0 amide bonds. The number of carboxylic acid groups (broad SMARTS) is 1. The number of aromatic carboxylic acids is 1. The monoisotopic (exact) mass is 229 g/mol. The molecule has 1 heterocycles. The summed E-state index contributed by atoms with van der Waals surface area (Å²) in [6.45, 7) is 4.94. The van der Waals surface area contributed by atoms with E-state index in [-0.39, 0.29) is 0 Å². The maximum atomic E-state index is 10.7. The van der Waals surface area contributed by atoms with Crippen molar-refractivity contribution in [1.82, 2.24) is 4.57 Å². The van der Waals surface area contributed by atoms with Crippen molar-refractivity contribution < 1.29 is 9.90 Å². The van der Waals surface area contributed by atoms with Crippen molar-refractivity contribution in [2.75, 3.05) is 0 Å². The molecule has 0 aliphatic heterocycles. The van der Waals surface area contributed by atoms with E-state index in [1.807, 2.05) is 12.1 Å². The SMILES string of the molecule is Cc1ccn(Cc2ccc(C(=O)O)cc2)c1C. The van der Waals surface area contributed by atoms with Gasteiger partial charge in [-0.05, 0) is 43.2 Å². The number of benzene rings is 1. The van der Waals surface area contributed by atoms with Gasteiger partial charge in [0.05, 0.1) is 5.56 Å². The van der Waals surface area contributed by atoms with Gasteiger partial charge < -0.3 is 9.67 Å². The molecule has 17 heavy (non-hydrogen) atoms. The lowest BCUT2D eigenvalue weighted by atomic mass is 10.1. The zero-order valence-electron chi connectivity index (χ0n) is 9.97. The standard InChI is InChI=1S/C14H15NO2/c1-10-7-8-15(11(10)2)9-12-3-5-13(6-4-12)14(16)17/h3-8H,9H2,1-2H3,(H,16,17). The third-order valence-corrected chi connectivity index (χ3v) is 3.06. The number of hydrogen-bond acceptors (Lipinski definition) is 1. The molecule has 3 nitrogen and oxygen atoms in total. The van der Waals surface area contributed by atoms with Crippen LogP contribution >= 0.6 is 0 Å². The van der Waals surface area contributed by atoms with Crippen molar-refractivity contribution in [2.24, 2.45) is 0 Å². The molecule has 0 radical (unpaired) electrons. The van der Waals surface area contributed by atoms with Crippen LogP contribution in [0.3, 0.4) is 0 Å². The van der Waals surface area contributed by atoms with E-state index in [4.69, 9.17) is 5.11 Å². The Balaban J connectivity index is 2.19. The molecule has 0 saturated carbocycles. The number of aryl methyl sites for hydroxylation is 1. The molecule has 0 fully saturated rings. The van der Waals surface area contributed by atoms with Crippen molar-refractivity contribution in [3.8, 4) is 0 Å². The molecule has 2 rings (SSSR count). The Morgan fingerprint density at radius 3 is 2.29 bits per heavy atom. The van der Waals surface area contributed by atoms with Gasteiger partial charge >= 0.3 is 5.97 Å². The largest absolute Gasteiger partial charge is 0.478 e. The molecule has 2 aromatic rings. The molecule has 1 aromatic heterocycles. The van der Waals surface area contributed by atoms with Crippen LogP contribution in [0, 0.1) is 13.8 Å². The number of nitrogens with zero attached hydrogens (tertiary/aromatic N) is 1. The Morgan fingerprint density at radius 2 is 1.82 bits per heavy atom. The Bertz CT molecular complexity index is 538. The first-order valence-corrected chi connectivity index (χ1v) is 5.52. The highest BCUT2D eigenvalue weighted by Gasteiger charge is 2.04. The average Bonchev–Trinajstić information content (AvgIpc) is 2.62. The van der Waals surface area contributed by atoms with Crippen LogP contribution in [0.15, 0.2) is 36.5 Å². The molecule has 0 unspecified atom stereocenters. The van der Waals surface area contributed by atoms with Gasteiger partial charge in [0.25, 0.3) is 0 Å². The van der Waals surface area contributed by atoms with Gasteiger partial charge in [-0.3, -0.25) is 0 Å². The zero-order valence-corrected chi connectivity index (χ0v) is 9.97. The summed E-state index contributed by atoms with van der Waals surface area (Å²) in [5, 5.41) is 8.81. The summed E-state index contributed by atoms with van der Waals surface area (Å²) in [4.78, 5) is 10.7. The minimum absolute atomic E-state index is 0.328. The van der Waals surface area contributed by atoms with E-state index < -0.39 is 5.97 Å². The normalized spacial score (nSPS) is 10.5. The molecule has 0 atom stereocenters. The third kappa shape index (κ3) is 2.38. The van der Waals surface area contributed by atoms with Crippen LogP contribution in [0.4, 0.5) is 0 Å². The fourth-order valence-corrected chi connectivity index (χ4v) is 1.78. The fraction of sp³-hybridized carbons (Fsp3) is 0.214. The summed E-state index contributed by atoms with van der Waals surface area (Å²) in [5.74, 6) is -0.885. The number of rotatable bonds is 3. The molecule has 88 valence electrons. The van der Waals surface area contributed by atoms with Crippen LogP contribution in [-0.4, -0.2) is 15.6 Å². The Morgan fingerprint density at radius 1 is 1.18 bits per heavy atom. The zero-order chi connectivity index (χ0) is 12.4. The lowest BCUT2D eigenvalue weighted by Crippen LogP contribution is -2.02. The highest BCUT2D eigenvalue weighted by atomic mass is 16.4. The first kappa shape index (κ1) is 11.5. The summed E-state index contributed by atoms with van der Waals surface area (Å²) in [6.07, 6.45) is 2.05. The molecule has 0 spiro atoms. The first-order valence-electron chi connectivity index (χ1n) is 5.52. The number of aromatic nitrogens is 1. The second-order valence-electron chi connectivity index (χ2n) is 4.21. The Kier molecular flexibility index (Phi) is 3.00. The van der Waals surface area contributed by atoms with Crippen LogP contribution in [0.1, 0.15) is 27.2 Å². The summed E-state index contributed by atoms with van der Waals surface area (Å²) in [5.41, 5.74) is 3.95. The summed E-state index contributed by atoms with van der Waals surface area (Å²) < 4.78 is 2.16. The minimum Gasteiger partial charge on any atom is -0.478 e. The van der Waals surface area contributed by atoms with E-state index in [0.29, 0.717) is 5.56 Å². The minimum atomic E-state index is -0.885. The van der Waals surface area contributed by atoms with Crippen LogP contribution in [0.25, 0.3) is 0 Å². The second-order valence-corrected chi connectivity index (χ2v) is 4.21. The summed E-state index contributed by atoms with van der Waals surface area (Å²) >= 11 is 0. The lowest BCUT2D eigenvalue weighted by molar-refractivity contribution is 0.0697. The topological polar surface area (TPSA) is 42.2 Å². The molecule has 0 aliphatic rings. The molecular formula is C14H15NO2. The Hall–Kier alpha value is -2.03. The van der Waals surface area contributed by atoms with Gasteiger partial charge in [0.15, 0.2) is 0 Å². The van der Waals surface area contributed by atoms with Gasteiger partial charge in [-0.1, -0.05) is 12.1 Å². The van der Waals surface area contributed by atoms with E-state index in [2.05, 4.69) is 30.7 Å². The average molecular weight is 229 g/mol. The van der Waals surface area contributed by atoms with Gasteiger partial charge in [0.1, 0.15) is 0 Å². The van der Waals surface area contributed by atoms with Crippen molar-refractivity contribution in [3.63, 3.8) is 0 Å². The van der Waals surface area contributed by atoms with Gasteiger partial charge in [-0.15, -0.1) is 0 Å². The van der Waals surface area contributed by atoms with Crippen LogP contribution in [0.5, 0.6) is 0 Å². The lowest BCUT2D eigenvalue weighted by Gasteiger charge is -2.07. The number of carbonyl (C=O) groups is 1. The summed E-state index contributed by atoms with van der Waals surface area (Å²) in [7, 11) is 0. The molecule has 0 saturated heterocycles. The first-order chi connectivity index (χ1) is 8.08. The smallest absolute Gasteiger partial charge is 0.335 e. The predicted octanol–water partition coefficient (Wildman–Crippen LogP) is 2.85. The second kappa shape index (κ2) is 4.45. The van der Waals surface area contributed by atoms with Crippen LogP contribution in [-0.2, 0) is 6.54 Å². The van der Waals surface area contributed by atoms with Gasteiger partial charge in [-0.25, -0.2) is 4.79 Å². The van der Waals surface area contributed by atoms with Crippen molar-refractivity contribution in [1.29, 1.82) is 0 Å². The molecule has 1 aromatic carbocycles. The van der Waals surface area contributed by atoms with Gasteiger partial charge in [-0.2, -0.15) is 0 Å². The maximum Gasteiger partial charge on any atom is 0.335 e. The Labute approximate surface area is 100 Å². The van der Waals surface area contributed by atoms with Crippen molar-refractivity contribution in [2.45, 2.75) is 20.4 Å². The summed E-state index contributed by atoms with van der Waals surface area (Å²) in [6, 6.07) is 9.09. The molecule has 3 heteroatoms. The van der Waals surface area contributed by atoms with Gasteiger partial charge in [0, 0.05) is 18.4 Å². The third-order valence-electron chi connectivity index (χ3n) is 3.06. The van der Waals surface area contributed by atoms with E-state index in [9.17, 15) is 4.79 Å². The number of carboxylic acids is 1. The van der Waals surface area contributed by atoms with E-state index >= 15 is 0 Å². The van der Waals surface area contributed by atoms with Gasteiger partial charge in [0.2, 0.25) is 0 Å². The maximum absolute atomic E-state index is 10.7. The molecule has 0 bridgehead atoms. The van der Waals surface area contributed by atoms with E-state index in [1.165, 1.54) is 11.3 Å².